The summed E-state index contributed by atoms with van der Waals surface area (Å²) in [5.41, 5.74) is 17.8. The molecule has 10 aromatic rings. The number of nitrogens with two attached hydrogens (primary N) is 1. The van der Waals surface area contributed by atoms with E-state index >= 15 is 0 Å². The number of allylic oxidation sites excluding steroid dienone is 1. The van der Waals surface area contributed by atoms with Crippen molar-refractivity contribution in [3.63, 3.8) is 0 Å². The normalized spacial score (nSPS) is 14.8. The molecule has 1 atom stereocenters. The van der Waals surface area contributed by atoms with Gasteiger partial charge in [-0.05, 0) is 86.5 Å². The molecular weight excluding hydrogens is 699 g/mol. The van der Waals surface area contributed by atoms with Crippen molar-refractivity contribution < 1.29 is 8.83 Å². The number of benzene rings is 8. The van der Waals surface area contributed by atoms with Crippen LogP contribution in [0.25, 0.3) is 82.6 Å². The number of hydrogen-bond donors (Lipinski definition) is 1. The molecule has 0 amide bonds. The van der Waals surface area contributed by atoms with Crippen LogP contribution < -0.4 is 5.73 Å². The third-order valence-electron chi connectivity index (χ3n) is 11.6. The van der Waals surface area contributed by atoms with Crippen LogP contribution in [-0.2, 0) is 6.54 Å². The summed E-state index contributed by atoms with van der Waals surface area (Å²) in [4.78, 5) is 10.3. The first-order valence-corrected chi connectivity index (χ1v) is 19.5. The van der Waals surface area contributed by atoms with Gasteiger partial charge in [-0.15, -0.1) is 0 Å². The van der Waals surface area contributed by atoms with Crippen LogP contribution in [0.15, 0.2) is 177 Å². The zero-order valence-electron chi connectivity index (χ0n) is 31.4. The minimum atomic E-state index is 0.359. The predicted molar refractivity (Wildman–Crippen MR) is 237 cm³/mol. The number of furan rings is 2. The number of hydrogen-bond acceptors (Lipinski definition) is 3. The van der Waals surface area contributed by atoms with Gasteiger partial charge < -0.3 is 14.6 Å². The molecule has 0 spiro atoms. The van der Waals surface area contributed by atoms with E-state index in [1.807, 2.05) is 42.5 Å². The minimum absolute atomic E-state index is 0.359. The van der Waals surface area contributed by atoms with E-state index < -0.39 is 0 Å². The number of fused-ring (bicyclic) bond motifs is 10. The van der Waals surface area contributed by atoms with E-state index in [1.54, 1.807) is 0 Å². The van der Waals surface area contributed by atoms with Crippen molar-refractivity contribution in [1.29, 1.82) is 0 Å². The van der Waals surface area contributed by atoms with Crippen molar-refractivity contribution in [1.82, 2.24) is 0 Å². The second kappa shape index (κ2) is 13.2. The average molecular weight is 736 g/mol. The number of amidine groups is 2. The molecule has 1 aliphatic rings. The Hall–Kier alpha value is -7.24. The van der Waals surface area contributed by atoms with Crippen molar-refractivity contribution in [2.45, 2.75) is 25.8 Å². The zero-order chi connectivity index (χ0) is 38.0. The fraction of sp³-hybridized carbons (Fsp3) is 0.0769. The maximum atomic E-state index is 7.08. The summed E-state index contributed by atoms with van der Waals surface area (Å²) in [5.74, 6) is 1.36. The van der Waals surface area contributed by atoms with Crippen molar-refractivity contribution in [2.24, 2.45) is 15.7 Å². The Bertz CT molecular complexity index is 3340. The molecule has 5 nitrogen and oxygen atoms in total. The molecule has 2 N–H and O–H groups in total. The molecule has 0 saturated carbocycles. The summed E-state index contributed by atoms with van der Waals surface area (Å²) >= 11 is 0. The van der Waals surface area contributed by atoms with Gasteiger partial charge in [0, 0.05) is 38.2 Å². The van der Waals surface area contributed by atoms with Gasteiger partial charge in [-0.25, -0.2) is 4.99 Å². The lowest BCUT2D eigenvalue weighted by atomic mass is 9.87. The number of nitrogens with zero attached hydrogens (tertiary/aromatic N) is 2. The Morgan fingerprint density at radius 3 is 2.30 bits per heavy atom. The Balaban J connectivity index is 1.06. The van der Waals surface area contributed by atoms with Crippen LogP contribution in [0.1, 0.15) is 47.1 Å². The Kier molecular flexibility index (Phi) is 7.68. The lowest BCUT2D eigenvalue weighted by molar-refractivity contribution is 0.668. The van der Waals surface area contributed by atoms with Crippen LogP contribution in [0.4, 0.5) is 0 Å². The summed E-state index contributed by atoms with van der Waals surface area (Å²) in [6, 6.07) is 52.7. The highest BCUT2D eigenvalue weighted by Gasteiger charge is 2.20. The molecule has 1 aliphatic carbocycles. The summed E-state index contributed by atoms with van der Waals surface area (Å²) < 4.78 is 13.1. The average Bonchev–Trinajstić information content (AvgIpc) is 3.83. The predicted octanol–water partition coefficient (Wildman–Crippen LogP) is 13.3. The van der Waals surface area contributed by atoms with Crippen LogP contribution in [0.5, 0.6) is 0 Å². The molecule has 2 heterocycles. The Morgan fingerprint density at radius 2 is 1.39 bits per heavy atom. The molecule has 8 aromatic carbocycles. The van der Waals surface area contributed by atoms with Crippen LogP contribution >= 0.6 is 0 Å². The molecule has 5 heteroatoms. The van der Waals surface area contributed by atoms with Crippen molar-refractivity contribution in [3.05, 3.63) is 186 Å². The summed E-state index contributed by atoms with van der Waals surface area (Å²) in [7, 11) is 0. The largest absolute Gasteiger partial charge is 0.456 e. The molecule has 0 radical (unpaired) electrons. The monoisotopic (exact) mass is 735 g/mol. The Morgan fingerprint density at radius 1 is 0.632 bits per heavy atom. The maximum Gasteiger partial charge on any atom is 0.157 e. The van der Waals surface area contributed by atoms with E-state index in [-0.39, 0.29) is 0 Å². The summed E-state index contributed by atoms with van der Waals surface area (Å²) in [6.07, 6.45) is 5.51. The van der Waals surface area contributed by atoms with Crippen molar-refractivity contribution in [2.75, 3.05) is 0 Å². The van der Waals surface area contributed by atoms with Crippen LogP contribution in [0, 0.1) is 0 Å². The third kappa shape index (κ3) is 5.54. The highest BCUT2D eigenvalue weighted by atomic mass is 16.3. The molecule has 57 heavy (non-hydrogen) atoms. The smallest absolute Gasteiger partial charge is 0.157 e. The number of para-hydroxylation sites is 2. The van der Waals surface area contributed by atoms with Crippen LogP contribution in [0.2, 0.25) is 0 Å². The molecule has 2 aromatic heterocycles. The van der Waals surface area contributed by atoms with Crippen LogP contribution in [0.3, 0.4) is 0 Å². The van der Waals surface area contributed by atoms with E-state index in [0.29, 0.717) is 24.1 Å². The molecule has 272 valence electrons. The van der Waals surface area contributed by atoms with E-state index in [4.69, 9.17) is 24.6 Å². The molecule has 1 unspecified atom stereocenters. The first-order chi connectivity index (χ1) is 28.1. The van der Waals surface area contributed by atoms with Gasteiger partial charge in [-0.3, -0.25) is 4.99 Å². The van der Waals surface area contributed by atoms with Gasteiger partial charge in [0.15, 0.2) is 5.84 Å². The first-order valence-electron chi connectivity index (χ1n) is 19.5. The highest BCUT2D eigenvalue weighted by Crippen LogP contribution is 2.42. The van der Waals surface area contributed by atoms with Gasteiger partial charge in [0.25, 0.3) is 0 Å². The Labute approximate surface area is 329 Å². The van der Waals surface area contributed by atoms with Crippen LogP contribution in [-0.4, -0.2) is 11.7 Å². The van der Waals surface area contributed by atoms with Gasteiger partial charge in [0.2, 0.25) is 0 Å². The maximum absolute atomic E-state index is 7.08. The lowest BCUT2D eigenvalue weighted by Crippen LogP contribution is -2.17. The van der Waals surface area contributed by atoms with Crippen molar-refractivity contribution >= 4 is 83.2 Å². The number of rotatable bonds is 5. The standard InChI is InChI=1S/C52H37N3O2/c1-31-11-8-13-33-24-23-32(27-44(31)33)30-54-52(35-25-26-40-39-17-6-7-21-46(39)56-48(40)29-35)55-51(53)43-20-10-22-47-49(43)42-19-9-18-41(50(42)57-47)45-28-34-12-2-3-14-36(34)37-15-4-5-16-38(37)45/h2-10,12-29,31H,11,30H2,1H3,(H2,53,54,55). The molecule has 11 rings (SSSR count). The fourth-order valence-corrected chi connectivity index (χ4v) is 8.77. The molecular formula is C52H37N3O2. The van der Waals surface area contributed by atoms with Gasteiger partial charge in [-0.1, -0.05) is 140 Å². The highest BCUT2D eigenvalue weighted by molar-refractivity contribution is 6.23. The van der Waals surface area contributed by atoms with Gasteiger partial charge in [-0.2, -0.15) is 0 Å². The first kappa shape index (κ1) is 33.1. The second-order valence-corrected chi connectivity index (χ2v) is 15.1. The van der Waals surface area contributed by atoms with Gasteiger partial charge >= 0.3 is 0 Å². The van der Waals surface area contributed by atoms with Crippen molar-refractivity contribution in [3.8, 4) is 11.1 Å². The lowest BCUT2D eigenvalue weighted by Gasteiger charge is -2.18. The third-order valence-corrected chi connectivity index (χ3v) is 11.6. The topological polar surface area (TPSA) is 77.0 Å². The molecule has 0 saturated heterocycles. The van der Waals surface area contributed by atoms with Gasteiger partial charge in [0.1, 0.15) is 28.2 Å². The van der Waals surface area contributed by atoms with E-state index in [1.165, 1.54) is 32.7 Å². The van der Waals surface area contributed by atoms with Gasteiger partial charge in [0.05, 0.1) is 6.54 Å². The zero-order valence-corrected chi connectivity index (χ0v) is 31.4. The SMILES string of the molecule is CC1CC=Cc2ccc(C/N=C(\N=C(/N)c3cccc4oc5c(-c6cc7ccccc7c7ccccc67)cccc5c34)c3ccc4c(c3)oc3ccccc34)cc21. The molecule has 0 fully saturated rings. The second-order valence-electron chi connectivity index (χ2n) is 15.1. The van der Waals surface area contributed by atoms with E-state index in [9.17, 15) is 0 Å². The number of aliphatic imine (C=N–C) groups is 2. The molecule has 0 bridgehead atoms. The van der Waals surface area contributed by atoms with E-state index in [0.717, 1.165) is 78.1 Å². The summed E-state index contributed by atoms with van der Waals surface area (Å²) in [6.45, 7) is 2.73. The van der Waals surface area contributed by atoms with E-state index in [2.05, 4.69) is 128 Å². The quantitative estimate of drug-likeness (QED) is 0.109. The molecule has 0 aliphatic heterocycles. The summed E-state index contributed by atoms with van der Waals surface area (Å²) in [5, 5.41) is 8.83. The fourth-order valence-electron chi connectivity index (χ4n) is 8.77. The minimum Gasteiger partial charge on any atom is -0.456 e.